The van der Waals surface area contributed by atoms with E-state index in [1.54, 1.807) is 15.6 Å². The molecule has 45 heavy (non-hydrogen) atoms. The van der Waals surface area contributed by atoms with E-state index >= 15 is 0 Å². The maximum Gasteiger partial charge on any atom is 0.410 e. The van der Waals surface area contributed by atoms with Gasteiger partial charge in [-0.15, -0.1) is 0 Å². The summed E-state index contributed by atoms with van der Waals surface area (Å²) in [5, 5.41) is 4.80. The predicted octanol–water partition coefficient (Wildman–Crippen LogP) is 3.98. The van der Waals surface area contributed by atoms with Crippen LogP contribution in [0, 0.1) is 5.41 Å². The second-order valence-corrected chi connectivity index (χ2v) is 14.0. The standard InChI is InChI=1S/C33H45N7O5/c1-32(2,3)45-31(43)39-16-12-24-21(18-39)19-40(37-24)26-17-27(44-20-22-9-8-15-38(22)4)36-30(35-26)28(34)23-10-7-14-33(29(23)42)13-6-5-11-25(33)41/h17,19,22H,5-16,18,20,34H2,1-4H3/b28-23-/t22-,33+/m0/s1. The van der Waals surface area contributed by atoms with Crippen LogP contribution < -0.4 is 10.5 Å². The number of aromatic nitrogens is 4. The van der Waals surface area contributed by atoms with Crippen molar-refractivity contribution < 1.29 is 23.9 Å². The van der Waals surface area contributed by atoms with Gasteiger partial charge >= 0.3 is 6.09 Å². The fourth-order valence-electron chi connectivity index (χ4n) is 7.08. The molecule has 2 aromatic rings. The fourth-order valence-corrected chi connectivity index (χ4v) is 7.08. The second kappa shape index (κ2) is 12.2. The van der Waals surface area contributed by atoms with Crippen LogP contribution in [0.3, 0.4) is 0 Å². The summed E-state index contributed by atoms with van der Waals surface area (Å²) in [6.45, 7) is 7.91. The van der Waals surface area contributed by atoms with Gasteiger partial charge < -0.3 is 25.0 Å². The van der Waals surface area contributed by atoms with Crippen LogP contribution in [-0.2, 0) is 27.3 Å². The molecule has 1 saturated heterocycles. The number of likely N-dealkylation sites (tertiary alicyclic amines) is 1. The van der Waals surface area contributed by atoms with Crippen molar-refractivity contribution in [3.05, 3.63) is 34.9 Å². The van der Waals surface area contributed by atoms with Crippen LogP contribution in [0.5, 0.6) is 5.88 Å². The van der Waals surface area contributed by atoms with Crippen LogP contribution in [0.1, 0.15) is 95.6 Å². The minimum absolute atomic E-state index is 0.0330. The Morgan fingerprint density at radius 3 is 2.60 bits per heavy atom. The largest absolute Gasteiger partial charge is 0.476 e. The summed E-state index contributed by atoms with van der Waals surface area (Å²) in [5.74, 6) is 0.843. The van der Waals surface area contributed by atoms with Crippen molar-refractivity contribution >= 4 is 23.4 Å². The SMILES string of the molecule is CN1CCC[C@H]1COc1cc(-n2cc3c(n2)CCN(C(=O)OC(C)(C)C)C3)nc(/C(N)=C2\CCC[C@@]3(CCCCC3=O)C2=O)n1. The van der Waals surface area contributed by atoms with Crippen molar-refractivity contribution in [2.75, 3.05) is 26.7 Å². The molecule has 0 bridgehead atoms. The molecule has 2 N–H and O–H groups in total. The first kappa shape index (κ1) is 31.2. The molecule has 2 saturated carbocycles. The van der Waals surface area contributed by atoms with E-state index in [1.165, 1.54) is 0 Å². The number of likely N-dealkylation sites (N-methyl/N-ethyl adjacent to an activating group) is 1. The summed E-state index contributed by atoms with van der Waals surface area (Å²) < 4.78 is 13.5. The zero-order valence-electron chi connectivity index (χ0n) is 26.9. The lowest BCUT2D eigenvalue weighted by Gasteiger charge is -2.38. The molecule has 0 radical (unpaired) electrons. The van der Waals surface area contributed by atoms with E-state index in [2.05, 4.69) is 16.9 Å². The third-order valence-electron chi connectivity index (χ3n) is 9.62. The van der Waals surface area contributed by atoms with Crippen molar-refractivity contribution in [3.63, 3.8) is 0 Å². The number of carbonyl (C=O) groups excluding carboxylic acids is 3. The number of nitrogens with two attached hydrogens (primary N) is 1. The number of ether oxygens (including phenoxy) is 2. The maximum atomic E-state index is 13.9. The zero-order valence-corrected chi connectivity index (χ0v) is 26.9. The van der Waals surface area contributed by atoms with Gasteiger partial charge in [-0.25, -0.2) is 14.5 Å². The molecule has 2 aliphatic carbocycles. The van der Waals surface area contributed by atoms with E-state index in [1.807, 2.05) is 27.0 Å². The highest BCUT2D eigenvalue weighted by molar-refractivity contribution is 6.17. The predicted molar refractivity (Wildman–Crippen MR) is 167 cm³/mol. The number of fused-ring (bicyclic) bond motifs is 1. The molecule has 4 heterocycles. The molecule has 2 aliphatic heterocycles. The van der Waals surface area contributed by atoms with Gasteiger partial charge in [0.2, 0.25) is 5.88 Å². The Bertz CT molecular complexity index is 1520. The Hall–Kier alpha value is -3.80. The Balaban J connectivity index is 1.33. The van der Waals surface area contributed by atoms with Crippen molar-refractivity contribution in [3.8, 4) is 11.7 Å². The number of nitrogens with zero attached hydrogens (tertiary/aromatic N) is 6. The summed E-state index contributed by atoms with van der Waals surface area (Å²) in [6, 6.07) is 2.01. The molecule has 2 atom stereocenters. The average Bonchev–Trinajstić information content (AvgIpc) is 3.62. The first-order valence-electron chi connectivity index (χ1n) is 16.3. The lowest BCUT2D eigenvalue weighted by Crippen LogP contribution is -2.45. The van der Waals surface area contributed by atoms with E-state index < -0.39 is 11.0 Å². The van der Waals surface area contributed by atoms with Crippen molar-refractivity contribution in [1.29, 1.82) is 0 Å². The lowest BCUT2D eigenvalue weighted by atomic mass is 9.62. The van der Waals surface area contributed by atoms with Gasteiger partial charge in [-0.05, 0) is 79.3 Å². The monoisotopic (exact) mass is 619 g/mol. The molecular formula is C33H45N7O5. The highest BCUT2D eigenvalue weighted by Gasteiger charge is 2.49. The smallest absolute Gasteiger partial charge is 0.410 e. The van der Waals surface area contributed by atoms with Gasteiger partial charge in [-0.3, -0.25) is 9.59 Å². The van der Waals surface area contributed by atoms with E-state index in [9.17, 15) is 14.4 Å². The molecule has 242 valence electrons. The summed E-state index contributed by atoms with van der Waals surface area (Å²) in [4.78, 5) is 53.1. The fraction of sp³-hybridized carbons (Fsp3) is 0.636. The topological polar surface area (TPSA) is 146 Å². The first-order valence-corrected chi connectivity index (χ1v) is 16.3. The van der Waals surface area contributed by atoms with Gasteiger partial charge in [-0.1, -0.05) is 6.42 Å². The van der Waals surface area contributed by atoms with Gasteiger partial charge in [-0.2, -0.15) is 10.1 Å². The Morgan fingerprint density at radius 2 is 1.87 bits per heavy atom. The number of allylic oxidation sites excluding steroid dienone is 1. The quantitative estimate of drug-likeness (QED) is 0.385. The summed E-state index contributed by atoms with van der Waals surface area (Å²) >= 11 is 0. The molecule has 12 nitrogen and oxygen atoms in total. The second-order valence-electron chi connectivity index (χ2n) is 14.0. The number of amides is 1. The number of ketones is 2. The van der Waals surface area contributed by atoms with Gasteiger partial charge in [0.1, 0.15) is 18.0 Å². The number of Topliss-reactive ketones (excluding diaryl/α,β-unsaturated/α-hetero) is 2. The Morgan fingerprint density at radius 1 is 1.07 bits per heavy atom. The molecule has 2 aromatic heterocycles. The molecule has 0 aromatic carbocycles. The molecule has 3 fully saturated rings. The van der Waals surface area contributed by atoms with E-state index in [-0.39, 0.29) is 35.2 Å². The summed E-state index contributed by atoms with van der Waals surface area (Å²) in [5.41, 5.74) is 7.56. The number of hydrogen-bond acceptors (Lipinski definition) is 10. The number of hydrogen-bond donors (Lipinski definition) is 1. The van der Waals surface area contributed by atoms with Gasteiger partial charge in [0.05, 0.1) is 23.4 Å². The highest BCUT2D eigenvalue weighted by Crippen LogP contribution is 2.45. The van der Waals surface area contributed by atoms with Gasteiger partial charge in [0.25, 0.3) is 0 Å². The minimum Gasteiger partial charge on any atom is -0.476 e. The van der Waals surface area contributed by atoms with E-state index in [0.717, 1.165) is 43.5 Å². The van der Waals surface area contributed by atoms with E-state index in [0.29, 0.717) is 75.5 Å². The maximum absolute atomic E-state index is 13.9. The normalized spacial score (nSPS) is 25.4. The van der Waals surface area contributed by atoms with Crippen LogP contribution in [0.25, 0.3) is 11.5 Å². The third kappa shape index (κ3) is 6.34. The van der Waals surface area contributed by atoms with Crippen molar-refractivity contribution in [2.24, 2.45) is 11.1 Å². The summed E-state index contributed by atoms with van der Waals surface area (Å²) in [7, 11) is 2.09. The van der Waals surface area contributed by atoms with Crippen molar-refractivity contribution in [2.45, 2.75) is 103 Å². The Kier molecular flexibility index (Phi) is 8.45. The van der Waals surface area contributed by atoms with Crippen LogP contribution >= 0.6 is 0 Å². The van der Waals surface area contributed by atoms with Crippen LogP contribution in [0.4, 0.5) is 4.79 Å². The summed E-state index contributed by atoms with van der Waals surface area (Å²) in [6.07, 6.45) is 8.70. The van der Waals surface area contributed by atoms with Crippen LogP contribution in [-0.4, -0.2) is 85.6 Å². The zero-order chi connectivity index (χ0) is 31.9. The first-order chi connectivity index (χ1) is 21.4. The molecule has 0 unspecified atom stereocenters. The third-order valence-corrected chi connectivity index (χ3v) is 9.62. The number of rotatable bonds is 5. The van der Waals surface area contributed by atoms with Crippen molar-refractivity contribution in [1.82, 2.24) is 29.5 Å². The molecule has 1 amide bonds. The van der Waals surface area contributed by atoms with Gasteiger partial charge in [0.15, 0.2) is 17.4 Å². The highest BCUT2D eigenvalue weighted by atomic mass is 16.6. The molecule has 12 heteroatoms. The molecule has 4 aliphatic rings. The molecule has 6 rings (SSSR count). The lowest BCUT2D eigenvalue weighted by molar-refractivity contribution is -0.143. The Labute approximate surface area is 264 Å². The van der Waals surface area contributed by atoms with Crippen LogP contribution in [0.15, 0.2) is 17.8 Å². The van der Waals surface area contributed by atoms with Gasteiger partial charge in [0, 0.05) is 48.8 Å². The average molecular weight is 620 g/mol. The van der Waals surface area contributed by atoms with Crippen LogP contribution in [0.2, 0.25) is 0 Å². The van der Waals surface area contributed by atoms with E-state index in [4.69, 9.17) is 25.3 Å². The minimum atomic E-state index is -0.971. The number of carbonyl (C=O) groups is 3. The molecular weight excluding hydrogens is 574 g/mol. The molecule has 1 spiro atoms.